The molecule has 7 nitrogen and oxygen atoms in total. The van der Waals surface area contributed by atoms with Crippen molar-refractivity contribution < 1.29 is 14.5 Å². The number of ether oxygens (including phenoxy) is 1. The molecule has 0 spiro atoms. The van der Waals surface area contributed by atoms with Gasteiger partial charge in [-0.25, -0.2) is 0 Å². The van der Waals surface area contributed by atoms with E-state index in [1.54, 1.807) is 13.1 Å². The lowest BCUT2D eigenvalue weighted by Gasteiger charge is -2.12. The van der Waals surface area contributed by atoms with Crippen LogP contribution in [-0.2, 0) is 0 Å². The monoisotopic (exact) mass is 311 g/mol. The second-order valence-corrected chi connectivity index (χ2v) is 4.95. The lowest BCUT2D eigenvalue weighted by Crippen LogP contribution is -2.24. The highest BCUT2D eigenvalue weighted by Gasteiger charge is 2.24. The SMILES string of the molecule is C[C@@H](Oc1cccnc1[N+](=O)[O-])C(=O)c1c[nH]c2ccccc12. The third-order valence-corrected chi connectivity index (χ3v) is 3.45. The summed E-state index contributed by atoms with van der Waals surface area (Å²) in [6.45, 7) is 1.56. The zero-order chi connectivity index (χ0) is 16.4. The molecule has 2 aromatic heterocycles. The fourth-order valence-corrected chi connectivity index (χ4v) is 2.35. The summed E-state index contributed by atoms with van der Waals surface area (Å²) in [5, 5.41) is 11.7. The van der Waals surface area contributed by atoms with Crippen molar-refractivity contribution in [3.8, 4) is 5.75 Å². The van der Waals surface area contributed by atoms with E-state index in [2.05, 4.69) is 9.97 Å². The molecule has 0 saturated carbocycles. The molecule has 1 aromatic carbocycles. The van der Waals surface area contributed by atoms with Crippen molar-refractivity contribution in [1.29, 1.82) is 0 Å². The second-order valence-electron chi connectivity index (χ2n) is 4.95. The predicted molar refractivity (Wildman–Crippen MR) is 83.6 cm³/mol. The normalized spacial score (nSPS) is 12.0. The Bertz CT molecular complexity index is 888. The number of para-hydroxylation sites is 1. The van der Waals surface area contributed by atoms with Crippen molar-refractivity contribution in [2.24, 2.45) is 0 Å². The number of H-pyrrole nitrogens is 1. The smallest absolute Gasteiger partial charge is 0.406 e. The average Bonchev–Trinajstić information content (AvgIpc) is 2.98. The minimum absolute atomic E-state index is 0.0295. The summed E-state index contributed by atoms with van der Waals surface area (Å²) in [5.74, 6) is -0.704. The maximum atomic E-state index is 12.6. The van der Waals surface area contributed by atoms with Crippen molar-refractivity contribution in [2.75, 3.05) is 0 Å². The Morgan fingerprint density at radius 3 is 2.87 bits per heavy atom. The highest BCUT2D eigenvalue weighted by atomic mass is 16.6. The highest BCUT2D eigenvalue weighted by molar-refractivity contribution is 6.09. The summed E-state index contributed by atoms with van der Waals surface area (Å²) in [7, 11) is 0. The van der Waals surface area contributed by atoms with E-state index in [0.29, 0.717) is 5.56 Å². The Morgan fingerprint density at radius 1 is 1.30 bits per heavy atom. The third-order valence-electron chi connectivity index (χ3n) is 3.45. The molecule has 0 aliphatic rings. The van der Waals surface area contributed by atoms with Crippen molar-refractivity contribution in [2.45, 2.75) is 13.0 Å². The molecule has 1 atom stereocenters. The first-order chi connectivity index (χ1) is 11.1. The van der Waals surface area contributed by atoms with Crippen LogP contribution in [0.15, 0.2) is 48.8 Å². The van der Waals surface area contributed by atoms with Gasteiger partial charge in [-0.15, -0.1) is 0 Å². The van der Waals surface area contributed by atoms with Crippen molar-refractivity contribution >= 4 is 22.5 Å². The largest absolute Gasteiger partial charge is 0.474 e. The maximum absolute atomic E-state index is 12.6. The van der Waals surface area contributed by atoms with Crippen LogP contribution in [0.1, 0.15) is 17.3 Å². The molecular weight excluding hydrogens is 298 g/mol. The second kappa shape index (κ2) is 5.88. The Hall–Kier alpha value is -3.22. The molecule has 0 radical (unpaired) electrons. The number of benzene rings is 1. The Labute approximate surface area is 131 Å². The van der Waals surface area contributed by atoms with E-state index in [-0.39, 0.29) is 11.5 Å². The maximum Gasteiger partial charge on any atom is 0.406 e. The van der Waals surface area contributed by atoms with E-state index in [1.165, 1.54) is 18.3 Å². The van der Waals surface area contributed by atoms with E-state index >= 15 is 0 Å². The number of fused-ring (bicyclic) bond motifs is 1. The fraction of sp³-hybridized carbons (Fsp3) is 0.125. The van der Waals surface area contributed by atoms with E-state index < -0.39 is 16.8 Å². The van der Waals surface area contributed by atoms with Gasteiger partial charge in [0.05, 0.1) is 0 Å². The zero-order valence-corrected chi connectivity index (χ0v) is 12.2. The minimum Gasteiger partial charge on any atom is -0.474 e. The van der Waals surface area contributed by atoms with Gasteiger partial charge in [0, 0.05) is 22.7 Å². The number of nitrogens with one attached hydrogen (secondary N) is 1. The Kier molecular flexibility index (Phi) is 3.76. The molecule has 0 aliphatic carbocycles. The van der Waals surface area contributed by atoms with Crippen LogP contribution in [0.25, 0.3) is 10.9 Å². The molecule has 3 aromatic rings. The molecule has 0 amide bonds. The lowest BCUT2D eigenvalue weighted by atomic mass is 10.1. The number of aromatic amines is 1. The Morgan fingerprint density at radius 2 is 2.09 bits per heavy atom. The van der Waals surface area contributed by atoms with Crippen molar-refractivity contribution in [1.82, 2.24) is 9.97 Å². The average molecular weight is 311 g/mol. The van der Waals surface area contributed by atoms with Gasteiger partial charge in [0.1, 0.15) is 6.20 Å². The van der Waals surface area contributed by atoms with Gasteiger partial charge in [-0.05, 0) is 35.0 Å². The molecular formula is C16H13N3O4. The molecule has 2 heterocycles. The van der Waals surface area contributed by atoms with Gasteiger partial charge in [-0.2, -0.15) is 0 Å². The molecule has 23 heavy (non-hydrogen) atoms. The third kappa shape index (κ3) is 2.76. The van der Waals surface area contributed by atoms with Crippen LogP contribution in [0.4, 0.5) is 5.82 Å². The summed E-state index contributed by atoms with van der Waals surface area (Å²) >= 11 is 0. The van der Waals surface area contributed by atoms with E-state index in [4.69, 9.17) is 4.74 Å². The lowest BCUT2D eigenvalue weighted by molar-refractivity contribution is -0.390. The standard InChI is InChI=1S/C16H13N3O4/c1-10(23-14-7-4-8-17-16(14)19(21)22)15(20)12-9-18-13-6-3-2-5-11(12)13/h2-10,18H,1H3/t10-/m1/s1. The first kappa shape index (κ1) is 14.7. The van der Waals surface area contributed by atoms with Crippen LogP contribution in [0.3, 0.4) is 0 Å². The van der Waals surface area contributed by atoms with Crippen molar-refractivity contribution in [3.63, 3.8) is 0 Å². The number of carbonyl (C=O) groups excluding carboxylic acids is 1. The summed E-state index contributed by atoms with van der Waals surface area (Å²) in [6, 6.07) is 10.3. The predicted octanol–water partition coefficient (Wildman–Crippen LogP) is 3.12. The summed E-state index contributed by atoms with van der Waals surface area (Å²) in [6.07, 6.45) is 2.04. The number of hydrogen-bond donors (Lipinski definition) is 1. The highest BCUT2D eigenvalue weighted by Crippen LogP contribution is 2.26. The van der Waals surface area contributed by atoms with Gasteiger partial charge in [0.25, 0.3) is 0 Å². The fourth-order valence-electron chi connectivity index (χ4n) is 2.35. The summed E-state index contributed by atoms with van der Waals surface area (Å²) < 4.78 is 5.47. The number of nitrogens with zero attached hydrogens (tertiary/aromatic N) is 2. The number of nitro groups is 1. The van der Waals surface area contributed by atoms with Gasteiger partial charge in [0.15, 0.2) is 6.10 Å². The first-order valence-corrected chi connectivity index (χ1v) is 6.94. The number of aromatic nitrogens is 2. The zero-order valence-electron chi connectivity index (χ0n) is 12.2. The number of Topliss-reactive ketones (excluding diaryl/α,β-unsaturated/α-hetero) is 1. The number of pyridine rings is 1. The Balaban J connectivity index is 1.88. The van der Waals surface area contributed by atoms with Crippen LogP contribution in [-0.4, -0.2) is 26.8 Å². The quantitative estimate of drug-likeness (QED) is 0.443. The minimum atomic E-state index is -0.878. The molecule has 7 heteroatoms. The van der Waals surface area contributed by atoms with E-state index in [0.717, 1.165) is 10.9 Å². The van der Waals surface area contributed by atoms with Crippen LogP contribution in [0.2, 0.25) is 0 Å². The van der Waals surface area contributed by atoms with E-state index in [9.17, 15) is 14.9 Å². The van der Waals surface area contributed by atoms with Gasteiger partial charge in [-0.1, -0.05) is 18.2 Å². The number of ketones is 1. The molecule has 116 valence electrons. The van der Waals surface area contributed by atoms with Gasteiger partial charge >= 0.3 is 5.82 Å². The summed E-state index contributed by atoms with van der Waals surface area (Å²) in [4.78, 5) is 29.6. The molecule has 3 rings (SSSR count). The van der Waals surface area contributed by atoms with Gasteiger partial charge < -0.3 is 19.8 Å². The number of carbonyl (C=O) groups is 1. The number of rotatable bonds is 5. The first-order valence-electron chi connectivity index (χ1n) is 6.94. The molecule has 1 N–H and O–H groups in total. The van der Waals surface area contributed by atoms with Crippen molar-refractivity contribution in [3.05, 3.63) is 64.5 Å². The molecule has 0 saturated heterocycles. The van der Waals surface area contributed by atoms with Gasteiger partial charge in [-0.3, -0.25) is 4.79 Å². The molecule has 0 unspecified atom stereocenters. The topological polar surface area (TPSA) is 98.1 Å². The van der Waals surface area contributed by atoms with Crippen LogP contribution in [0.5, 0.6) is 5.75 Å². The van der Waals surface area contributed by atoms with Crippen LogP contribution < -0.4 is 4.74 Å². The molecule has 0 fully saturated rings. The number of hydrogen-bond acceptors (Lipinski definition) is 5. The van der Waals surface area contributed by atoms with Gasteiger partial charge in [0.2, 0.25) is 11.5 Å². The van der Waals surface area contributed by atoms with E-state index in [1.807, 2.05) is 24.3 Å². The summed E-state index contributed by atoms with van der Waals surface area (Å²) in [5.41, 5.74) is 1.33. The molecule has 0 bridgehead atoms. The van der Waals surface area contributed by atoms with Crippen LogP contribution in [0, 0.1) is 10.1 Å². The van der Waals surface area contributed by atoms with Crippen LogP contribution >= 0.6 is 0 Å². The molecule has 0 aliphatic heterocycles.